The molecule has 18 heavy (non-hydrogen) atoms. The molecule has 0 fully saturated rings. The van der Waals surface area contributed by atoms with E-state index in [4.69, 9.17) is 10.3 Å². The molecular formula is C15H20N2O. The molecule has 0 bridgehead atoms. The highest BCUT2D eigenvalue weighted by Crippen LogP contribution is 2.25. The molecule has 3 heteroatoms. The van der Waals surface area contributed by atoms with E-state index in [-0.39, 0.29) is 6.04 Å². The summed E-state index contributed by atoms with van der Waals surface area (Å²) in [5, 5.41) is 4.12. The van der Waals surface area contributed by atoms with E-state index in [0.717, 1.165) is 29.9 Å². The third-order valence-electron chi connectivity index (χ3n) is 3.01. The molecule has 0 radical (unpaired) electrons. The van der Waals surface area contributed by atoms with Gasteiger partial charge in [-0.1, -0.05) is 35.7 Å². The number of aryl methyl sites for hydroxylation is 2. The maximum Gasteiger partial charge on any atom is 0.154 e. The molecule has 0 aliphatic rings. The lowest BCUT2D eigenvalue weighted by molar-refractivity contribution is 0.356. The summed E-state index contributed by atoms with van der Waals surface area (Å²) in [6.45, 7) is 6.28. The zero-order valence-electron chi connectivity index (χ0n) is 11.2. The van der Waals surface area contributed by atoms with E-state index in [0.29, 0.717) is 0 Å². The Morgan fingerprint density at radius 1 is 1.17 bits per heavy atom. The average molecular weight is 244 g/mol. The van der Waals surface area contributed by atoms with Gasteiger partial charge in [0.15, 0.2) is 5.76 Å². The molecule has 1 atom stereocenters. The fourth-order valence-electron chi connectivity index (χ4n) is 2.18. The standard InChI is InChI=1S/C15H20N2O/c1-4-5-13(16)15-9-14(17-18-15)12-7-10(2)6-11(3)8-12/h6-9,13H,4-5,16H2,1-3H3. The first-order valence-electron chi connectivity index (χ1n) is 6.41. The van der Waals surface area contributed by atoms with Gasteiger partial charge in [0.2, 0.25) is 0 Å². The molecule has 0 aliphatic heterocycles. The number of nitrogens with zero attached hydrogens (tertiary/aromatic N) is 1. The summed E-state index contributed by atoms with van der Waals surface area (Å²) in [7, 11) is 0. The van der Waals surface area contributed by atoms with Gasteiger partial charge in [0.1, 0.15) is 5.69 Å². The Labute approximate surface area is 108 Å². The van der Waals surface area contributed by atoms with Crippen molar-refractivity contribution in [1.82, 2.24) is 5.16 Å². The normalized spacial score (nSPS) is 12.7. The Morgan fingerprint density at radius 2 is 1.83 bits per heavy atom. The Balaban J connectivity index is 2.29. The lowest BCUT2D eigenvalue weighted by Gasteiger charge is -2.03. The van der Waals surface area contributed by atoms with Crippen LogP contribution in [-0.2, 0) is 0 Å². The van der Waals surface area contributed by atoms with Crippen LogP contribution in [0.3, 0.4) is 0 Å². The number of hydrogen-bond acceptors (Lipinski definition) is 3. The van der Waals surface area contributed by atoms with E-state index in [2.05, 4.69) is 44.1 Å². The SMILES string of the molecule is CCCC(N)c1cc(-c2cc(C)cc(C)c2)no1. The van der Waals surface area contributed by atoms with E-state index in [1.54, 1.807) is 0 Å². The largest absolute Gasteiger partial charge is 0.359 e. The first-order chi connectivity index (χ1) is 8.60. The summed E-state index contributed by atoms with van der Waals surface area (Å²) in [4.78, 5) is 0. The van der Waals surface area contributed by atoms with Gasteiger partial charge < -0.3 is 10.3 Å². The molecule has 1 heterocycles. The van der Waals surface area contributed by atoms with Gasteiger partial charge >= 0.3 is 0 Å². The summed E-state index contributed by atoms with van der Waals surface area (Å²) >= 11 is 0. The summed E-state index contributed by atoms with van der Waals surface area (Å²) in [5.41, 5.74) is 10.4. The number of aromatic nitrogens is 1. The quantitative estimate of drug-likeness (QED) is 0.891. The van der Waals surface area contributed by atoms with Crippen molar-refractivity contribution in [2.75, 3.05) is 0 Å². The zero-order valence-corrected chi connectivity index (χ0v) is 11.2. The van der Waals surface area contributed by atoms with E-state index >= 15 is 0 Å². The van der Waals surface area contributed by atoms with Crippen LogP contribution < -0.4 is 5.73 Å². The number of rotatable bonds is 4. The maximum absolute atomic E-state index is 6.02. The second kappa shape index (κ2) is 5.36. The van der Waals surface area contributed by atoms with Gasteiger partial charge in [0, 0.05) is 11.6 Å². The van der Waals surface area contributed by atoms with Gasteiger partial charge in [-0.15, -0.1) is 0 Å². The van der Waals surface area contributed by atoms with Crippen molar-refractivity contribution in [2.45, 2.75) is 39.7 Å². The van der Waals surface area contributed by atoms with Crippen LogP contribution in [0.1, 0.15) is 42.7 Å². The molecule has 1 aromatic heterocycles. The van der Waals surface area contributed by atoms with Crippen LogP contribution in [-0.4, -0.2) is 5.16 Å². The molecule has 0 aliphatic carbocycles. The number of hydrogen-bond donors (Lipinski definition) is 1. The molecule has 2 aromatic rings. The first-order valence-corrected chi connectivity index (χ1v) is 6.41. The average Bonchev–Trinajstić information content (AvgIpc) is 2.77. The van der Waals surface area contributed by atoms with Crippen molar-refractivity contribution < 1.29 is 4.52 Å². The monoisotopic (exact) mass is 244 g/mol. The Hall–Kier alpha value is -1.61. The third-order valence-corrected chi connectivity index (χ3v) is 3.01. The van der Waals surface area contributed by atoms with Crippen LogP contribution in [0.4, 0.5) is 0 Å². The molecule has 0 saturated heterocycles. The highest BCUT2D eigenvalue weighted by molar-refractivity contribution is 5.61. The predicted octanol–water partition coefficient (Wildman–Crippen LogP) is 3.76. The lowest BCUT2D eigenvalue weighted by atomic mass is 10.0. The molecular weight excluding hydrogens is 224 g/mol. The summed E-state index contributed by atoms with van der Waals surface area (Å²) in [6, 6.07) is 8.27. The topological polar surface area (TPSA) is 52.0 Å². The first kappa shape index (κ1) is 12.8. The highest BCUT2D eigenvalue weighted by Gasteiger charge is 2.13. The Bertz CT molecular complexity index is 511. The van der Waals surface area contributed by atoms with E-state index in [9.17, 15) is 0 Å². The third kappa shape index (κ3) is 2.79. The van der Waals surface area contributed by atoms with E-state index in [1.807, 2.05) is 6.07 Å². The summed E-state index contributed by atoms with van der Waals surface area (Å²) in [6.07, 6.45) is 1.96. The van der Waals surface area contributed by atoms with Crippen molar-refractivity contribution in [1.29, 1.82) is 0 Å². The van der Waals surface area contributed by atoms with Gasteiger partial charge in [-0.05, 0) is 32.4 Å². The second-order valence-corrected chi connectivity index (χ2v) is 4.89. The summed E-state index contributed by atoms with van der Waals surface area (Å²) < 4.78 is 5.34. The molecule has 0 amide bonds. The van der Waals surface area contributed by atoms with Crippen molar-refractivity contribution in [3.63, 3.8) is 0 Å². The zero-order chi connectivity index (χ0) is 13.1. The minimum Gasteiger partial charge on any atom is -0.359 e. The smallest absolute Gasteiger partial charge is 0.154 e. The van der Waals surface area contributed by atoms with Crippen LogP contribution in [0.5, 0.6) is 0 Å². The fourth-order valence-corrected chi connectivity index (χ4v) is 2.18. The van der Waals surface area contributed by atoms with Crippen LogP contribution in [0.15, 0.2) is 28.8 Å². The molecule has 1 unspecified atom stereocenters. The van der Waals surface area contributed by atoms with Crippen LogP contribution >= 0.6 is 0 Å². The van der Waals surface area contributed by atoms with Crippen LogP contribution in [0.25, 0.3) is 11.3 Å². The highest BCUT2D eigenvalue weighted by atomic mass is 16.5. The van der Waals surface area contributed by atoms with E-state index < -0.39 is 0 Å². The molecule has 0 saturated carbocycles. The molecule has 0 spiro atoms. The molecule has 2 rings (SSSR count). The van der Waals surface area contributed by atoms with Crippen molar-refractivity contribution in [2.24, 2.45) is 5.73 Å². The van der Waals surface area contributed by atoms with Gasteiger partial charge in [-0.2, -0.15) is 0 Å². The summed E-state index contributed by atoms with van der Waals surface area (Å²) in [5.74, 6) is 0.769. The van der Waals surface area contributed by atoms with Crippen molar-refractivity contribution in [3.05, 3.63) is 41.2 Å². The van der Waals surface area contributed by atoms with Gasteiger partial charge in [0.25, 0.3) is 0 Å². The molecule has 1 aromatic carbocycles. The molecule has 2 N–H and O–H groups in total. The number of nitrogens with two attached hydrogens (primary N) is 1. The fraction of sp³-hybridized carbons (Fsp3) is 0.400. The minimum atomic E-state index is -0.0536. The second-order valence-electron chi connectivity index (χ2n) is 4.89. The Kier molecular flexibility index (Phi) is 3.82. The van der Waals surface area contributed by atoms with E-state index in [1.165, 1.54) is 11.1 Å². The lowest BCUT2D eigenvalue weighted by Crippen LogP contribution is -2.08. The van der Waals surface area contributed by atoms with Gasteiger partial charge in [-0.3, -0.25) is 0 Å². The van der Waals surface area contributed by atoms with Crippen molar-refractivity contribution in [3.8, 4) is 11.3 Å². The maximum atomic E-state index is 6.02. The van der Waals surface area contributed by atoms with Gasteiger partial charge in [-0.25, -0.2) is 0 Å². The number of benzene rings is 1. The minimum absolute atomic E-state index is 0.0536. The van der Waals surface area contributed by atoms with Crippen LogP contribution in [0, 0.1) is 13.8 Å². The van der Waals surface area contributed by atoms with Crippen LogP contribution in [0.2, 0.25) is 0 Å². The molecule has 3 nitrogen and oxygen atoms in total. The predicted molar refractivity (Wildman–Crippen MR) is 73.2 cm³/mol. The van der Waals surface area contributed by atoms with Crippen molar-refractivity contribution >= 4 is 0 Å². The Morgan fingerprint density at radius 3 is 2.44 bits per heavy atom. The van der Waals surface area contributed by atoms with Gasteiger partial charge in [0.05, 0.1) is 6.04 Å². The molecule has 96 valence electrons.